The summed E-state index contributed by atoms with van der Waals surface area (Å²) < 4.78 is 21.8. The Hall–Kier alpha value is -3.52. The van der Waals surface area contributed by atoms with Gasteiger partial charge in [-0.1, -0.05) is 6.07 Å². The Morgan fingerprint density at radius 3 is 2.47 bits per heavy atom. The summed E-state index contributed by atoms with van der Waals surface area (Å²) >= 11 is 0. The van der Waals surface area contributed by atoms with Crippen molar-refractivity contribution in [1.29, 1.82) is 0 Å². The molecular formula is C24H27N3O5. The Morgan fingerprint density at radius 2 is 1.81 bits per heavy atom. The summed E-state index contributed by atoms with van der Waals surface area (Å²) in [6.07, 6.45) is 0. The van der Waals surface area contributed by atoms with Gasteiger partial charge < -0.3 is 23.8 Å². The molecule has 1 aromatic heterocycles. The summed E-state index contributed by atoms with van der Waals surface area (Å²) in [4.78, 5) is 15.1. The maximum atomic E-state index is 13.3. The monoisotopic (exact) mass is 437 g/mol. The molecule has 2 aromatic carbocycles. The van der Waals surface area contributed by atoms with Gasteiger partial charge in [0.2, 0.25) is 0 Å². The first kappa shape index (κ1) is 21.7. The maximum absolute atomic E-state index is 13.3. The Labute approximate surface area is 187 Å². The Bertz CT molecular complexity index is 1090. The van der Waals surface area contributed by atoms with E-state index in [1.165, 1.54) is 0 Å². The van der Waals surface area contributed by atoms with Gasteiger partial charge in [-0.15, -0.1) is 0 Å². The predicted molar refractivity (Wildman–Crippen MR) is 119 cm³/mol. The molecule has 32 heavy (non-hydrogen) atoms. The summed E-state index contributed by atoms with van der Waals surface area (Å²) in [5, 5.41) is 7.45. The molecule has 1 unspecified atom stereocenters. The molecule has 0 fully saturated rings. The minimum absolute atomic E-state index is 0.109. The van der Waals surface area contributed by atoms with Crippen LogP contribution in [0.2, 0.25) is 0 Å². The number of aromatic nitrogens is 2. The van der Waals surface area contributed by atoms with Crippen LogP contribution in [0.4, 0.5) is 0 Å². The van der Waals surface area contributed by atoms with Crippen molar-refractivity contribution in [2.24, 2.45) is 0 Å². The van der Waals surface area contributed by atoms with Crippen molar-refractivity contribution in [2.45, 2.75) is 13.0 Å². The fraction of sp³-hybridized carbons (Fsp3) is 0.333. The second kappa shape index (κ2) is 9.32. The minimum Gasteiger partial charge on any atom is -0.497 e. The molecular weight excluding hydrogens is 410 g/mol. The van der Waals surface area contributed by atoms with Crippen LogP contribution in [0.25, 0.3) is 11.3 Å². The van der Waals surface area contributed by atoms with Gasteiger partial charge >= 0.3 is 0 Å². The quantitative estimate of drug-likeness (QED) is 0.550. The molecule has 1 aliphatic rings. The first-order valence-corrected chi connectivity index (χ1v) is 10.5. The average Bonchev–Trinajstić information content (AvgIpc) is 3.37. The number of hydrogen-bond acceptors (Lipinski definition) is 6. The number of carbonyl (C=O) groups excluding carboxylic acids is 1. The molecule has 1 amide bonds. The second-order valence-electron chi connectivity index (χ2n) is 7.33. The highest BCUT2D eigenvalue weighted by atomic mass is 16.5. The number of methoxy groups -OCH3 is 3. The lowest BCUT2D eigenvalue weighted by atomic mass is 9.95. The molecule has 8 heteroatoms. The highest BCUT2D eigenvalue weighted by Crippen LogP contribution is 2.44. The SMILES string of the molecule is CCOc1ccc(C2c3c(-c4ccc(OC)cc4)n[nH]c3C(=O)N2CCOC)cc1OC. The van der Waals surface area contributed by atoms with E-state index >= 15 is 0 Å². The van der Waals surface area contributed by atoms with Gasteiger partial charge in [0.15, 0.2) is 11.5 Å². The zero-order valence-corrected chi connectivity index (χ0v) is 18.7. The highest BCUT2D eigenvalue weighted by Gasteiger charge is 2.42. The van der Waals surface area contributed by atoms with Crippen molar-refractivity contribution < 1.29 is 23.7 Å². The van der Waals surface area contributed by atoms with Crippen LogP contribution >= 0.6 is 0 Å². The lowest BCUT2D eigenvalue weighted by Gasteiger charge is -2.26. The normalized spacial score (nSPS) is 15.1. The molecule has 2 heterocycles. The molecule has 0 spiro atoms. The topological polar surface area (TPSA) is 85.9 Å². The number of amides is 1. The molecule has 1 atom stereocenters. The lowest BCUT2D eigenvalue weighted by molar-refractivity contribution is 0.0677. The number of H-pyrrole nitrogens is 1. The number of nitrogens with one attached hydrogen (secondary N) is 1. The molecule has 168 valence electrons. The van der Waals surface area contributed by atoms with Gasteiger partial charge in [0.05, 0.1) is 39.2 Å². The number of nitrogens with zero attached hydrogens (tertiary/aromatic N) is 2. The van der Waals surface area contributed by atoms with Gasteiger partial charge in [0.1, 0.15) is 11.4 Å². The van der Waals surface area contributed by atoms with Gasteiger partial charge in [0.25, 0.3) is 5.91 Å². The van der Waals surface area contributed by atoms with Gasteiger partial charge in [-0.2, -0.15) is 5.10 Å². The number of rotatable bonds is 9. The number of fused-ring (bicyclic) bond motifs is 1. The summed E-state index contributed by atoms with van der Waals surface area (Å²) in [5.74, 6) is 1.93. The van der Waals surface area contributed by atoms with E-state index in [-0.39, 0.29) is 11.9 Å². The van der Waals surface area contributed by atoms with Crippen LogP contribution in [0.3, 0.4) is 0 Å². The van der Waals surface area contributed by atoms with Crippen LogP contribution in [0.15, 0.2) is 42.5 Å². The van der Waals surface area contributed by atoms with Gasteiger partial charge in [0, 0.05) is 24.8 Å². The van der Waals surface area contributed by atoms with Crippen molar-refractivity contribution in [3.8, 4) is 28.5 Å². The third-order valence-electron chi connectivity index (χ3n) is 5.57. The fourth-order valence-electron chi connectivity index (χ4n) is 4.06. The molecule has 8 nitrogen and oxygen atoms in total. The Kier molecular flexibility index (Phi) is 6.32. The van der Waals surface area contributed by atoms with Crippen molar-refractivity contribution >= 4 is 5.91 Å². The Morgan fingerprint density at radius 1 is 1.03 bits per heavy atom. The second-order valence-corrected chi connectivity index (χ2v) is 7.33. The molecule has 0 aliphatic carbocycles. The molecule has 3 aromatic rings. The van der Waals surface area contributed by atoms with Crippen LogP contribution in [-0.4, -0.2) is 62.1 Å². The molecule has 0 saturated carbocycles. The van der Waals surface area contributed by atoms with E-state index in [2.05, 4.69) is 10.2 Å². The summed E-state index contributed by atoms with van der Waals surface area (Å²) in [6.45, 7) is 3.32. The molecule has 0 radical (unpaired) electrons. The number of benzene rings is 2. The van der Waals surface area contributed by atoms with E-state index < -0.39 is 0 Å². The van der Waals surface area contributed by atoms with E-state index in [0.717, 1.165) is 28.1 Å². The standard InChI is InChI=1S/C24H27N3O5/c1-5-32-18-11-8-16(14-19(18)31-4)23-20-21(15-6-9-17(30-3)10-7-15)25-26-22(20)24(28)27(23)12-13-29-2/h6-11,14,23H,5,12-13H2,1-4H3,(H,25,26). The van der Waals surface area contributed by atoms with Crippen LogP contribution < -0.4 is 14.2 Å². The molecule has 0 bridgehead atoms. The van der Waals surface area contributed by atoms with Gasteiger partial charge in [-0.25, -0.2) is 0 Å². The summed E-state index contributed by atoms with van der Waals surface area (Å²) in [6, 6.07) is 13.1. The van der Waals surface area contributed by atoms with E-state index in [1.807, 2.05) is 49.4 Å². The summed E-state index contributed by atoms with van der Waals surface area (Å²) in [7, 11) is 4.86. The zero-order chi connectivity index (χ0) is 22.7. The smallest absolute Gasteiger partial charge is 0.273 e. The van der Waals surface area contributed by atoms with Crippen LogP contribution in [-0.2, 0) is 4.74 Å². The molecule has 4 rings (SSSR count). The van der Waals surface area contributed by atoms with Crippen molar-refractivity contribution in [1.82, 2.24) is 15.1 Å². The van der Waals surface area contributed by atoms with Crippen molar-refractivity contribution in [2.75, 3.05) is 41.1 Å². The third kappa shape index (κ3) is 3.78. The average molecular weight is 437 g/mol. The van der Waals surface area contributed by atoms with E-state index in [4.69, 9.17) is 18.9 Å². The number of aromatic amines is 1. The molecule has 0 saturated heterocycles. The van der Waals surface area contributed by atoms with Gasteiger partial charge in [-0.05, 0) is 48.9 Å². The van der Waals surface area contributed by atoms with Crippen molar-refractivity contribution in [3.63, 3.8) is 0 Å². The number of ether oxygens (including phenoxy) is 4. The predicted octanol–water partition coefficient (Wildman–Crippen LogP) is 3.68. The molecule has 1 aliphatic heterocycles. The largest absolute Gasteiger partial charge is 0.497 e. The van der Waals surface area contributed by atoms with E-state index in [9.17, 15) is 4.79 Å². The van der Waals surface area contributed by atoms with Crippen molar-refractivity contribution in [3.05, 3.63) is 59.3 Å². The number of hydrogen-bond donors (Lipinski definition) is 1. The molecule has 1 N–H and O–H groups in total. The third-order valence-corrected chi connectivity index (χ3v) is 5.57. The zero-order valence-electron chi connectivity index (χ0n) is 18.7. The van der Waals surface area contributed by atoms with Crippen LogP contribution in [0, 0.1) is 0 Å². The van der Waals surface area contributed by atoms with E-state index in [1.54, 1.807) is 26.2 Å². The van der Waals surface area contributed by atoms with Gasteiger partial charge in [-0.3, -0.25) is 9.89 Å². The maximum Gasteiger partial charge on any atom is 0.273 e. The van der Waals surface area contributed by atoms with Crippen LogP contribution in [0.5, 0.6) is 17.2 Å². The summed E-state index contributed by atoms with van der Waals surface area (Å²) in [5.41, 5.74) is 3.86. The fourth-order valence-corrected chi connectivity index (χ4v) is 4.06. The minimum atomic E-state index is -0.340. The lowest BCUT2D eigenvalue weighted by Crippen LogP contribution is -2.32. The first-order chi connectivity index (χ1) is 15.6. The highest BCUT2D eigenvalue weighted by molar-refractivity contribution is 6.00. The van der Waals surface area contributed by atoms with Crippen LogP contribution in [0.1, 0.15) is 34.6 Å². The Balaban J connectivity index is 1.83. The van der Waals surface area contributed by atoms with E-state index in [0.29, 0.717) is 37.0 Å². The first-order valence-electron chi connectivity index (χ1n) is 10.5. The number of carbonyl (C=O) groups is 1.